The van der Waals surface area contributed by atoms with Crippen LogP contribution in [0.1, 0.15) is 32.8 Å². The molecule has 1 aromatic rings. The van der Waals surface area contributed by atoms with Crippen molar-refractivity contribution < 1.29 is 9.53 Å². The minimum atomic E-state index is -0.117. The van der Waals surface area contributed by atoms with E-state index in [2.05, 4.69) is 36.3 Å². The fraction of sp³-hybridized carbons (Fsp3) is 0.529. The molecule has 1 amide bonds. The summed E-state index contributed by atoms with van der Waals surface area (Å²) in [5.41, 5.74) is 1.26. The Balaban J connectivity index is 2.05. The topological polar surface area (TPSA) is 50.7 Å². The lowest BCUT2D eigenvalue weighted by atomic mass is 9.99. The Hall–Kier alpha value is -1.84. The SMILES string of the molecule is CCC(C)C(NC(C)=O)C1=N[C@H](Cc2ccccc2)CO1. The molecule has 0 spiro atoms. The Morgan fingerprint density at radius 2 is 2.14 bits per heavy atom. The van der Waals surface area contributed by atoms with Crippen molar-refractivity contribution in [3.63, 3.8) is 0 Å². The van der Waals surface area contributed by atoms with Gasteiger partial charge in [0.1, 0.15) is 12.6 Å². The highest BCUT2D eigenvalue weighted by molar-refractivity contribution is 5.88. The Morgan fingerprint density at radius 3 is 2.76 bits per heavy atom. The van der Waals surface area contributed by atoms with E-state index in [0.29, 0.717) is 18.4 Å². The second kappa shape index (κ2) is 7.25. The van der Waals surface area contributed by atoms with Crippen LogP contribution in [0.5, 0.6) is 0 Å². The fourth-order valence-corrected chi connectivity index (χ4v) is 2.50. The van der Waals surface area contributed by atoms with E-state index in [1.165, 1.54) is 12.5 Å². The lowest BCUT2D eigenvalue weighted by Crippen LogP contribution is -2.44. The van der Waals surface area contributed by atoms with Gasteiger partial charge in [-0.15, -0.1) is 0 Å². The Labute approximate surface area is 126 Å². The van der Waals surface area contributed by atoms with Crippen LogP contribution in [0.15, 0.2) is 35.3 Å². The molecule has 0 bridgehead atoms. The van der Waals surface area contributed by atoms with Crippen LogP contribution in [-0.2, 0) is 16.0 Å². The highest BCUT2D eigenvalue weighted by Gasteiger charge is 2.29. The number of carbonyl (C=O) groups excluding carboxylic acids is 1. The second-order valence-corrected chi connectivity index (χ2v) is 5.69. The van der Waals surface area contributed by atoms with Crippen molar-refractivity contribution in [3.8, 4) is 0 Å². The molecule has 0 fully saturated rings. The minimum Gasteiger partial charge on any atom is -0.477 e. The average Bonchev–Trinajstić information content (AvgIpc) is 2.93. The average molecular weight is 288 g/mol. The summed E-state index contributed by atoms with van der Waals surface area (Å²) in [6.45, 7) is 6.34. The molecule has 2 rings (SSSR count). The molecule has 21 heavy (non-hydrogen) atoms. The van der Waals surface area contributed by atoms with Crippen molar-refractivity contribution in [2.24, 2.45) is 10.9 Å². The molecule has 4 nitrogen and oxygen atoms in total. The van der Waals surface area contributed by atoms with Gasteiger partial charge in [0, 0.05) is 6.92 Å². The number of benzene rings is 1. The number of ether oxygens (including phenoxy) is 1. The zero-order valence-electron chi connectivity index (χ0n) is 13.0. The molecule has 0 aliphatic carbocycles. The summed E-state index contributed by atoms with van der Waals surface area (Å²) in [5, 5.41) is 2.96. The van der Waals surface area contributed by atoms with E-state index < -0.39 is 0 Å². The van der Waals surface area contributed by atoms with Gasteiger partial charge in [-0.2, -0.15) is 0 Å². The molecular formula is C17H24N2O2. The molecule has 1 aliphatic rings. The van der Waals surface area contributed by atoms with Crippen LogP contribution in [-0.4, -0.2) is 30.5 Å². The van der Waals surface area contributed by atoms with Gasteiger partial charge in [-0.05, 0) is 17.9 Å². The molecule has 0 radical (unpaired) electrons. The van der Waals surface area contributed by atoms with E-state index >= 15 is 0 Å². The summed E-state index contributed by atoms with van der Waals surface area (Å²) in [4.78, 5) is 16.1. The molecule has 3 atom stereocenters. The third-order valence-corrected chi connectivity index (χ3v) is 3.89. The van der Waals surface area contributed by atoms with Gasteiger partial charge in [0.25, 0.3) is 0 Å². The molecule has 1 aromatic carbocycles. The van der Waals surface area contributed by atoms with Crippen molar-refractivity contribution in [2.75, 3.05) is 6.61 Å². The highest BCUT2D eigenvalue weighted by Crippen LogP contribution is 2.18. The smallest absolute Gasteiger partial charge is 0.217 e. The van der Waals surface area contributed by atoms with Gasteiger partial charge < -0.3 is 10.1 Å². The second-order valence-electron chi connectivity index (χ2n) is 5.69. The van der Waals surface area contributed by atoms with Crippen molar-refractivity contribution in [1.82, 2.24) is 5.32 Å². The lowest BCUT2D eigenvalue weighted by Gasteiger charge is -2.22. The van der Waals surface area contributed by atoms with Gasteiger partial charge in [0.2, 0.25) is 11.8 Å². The quantitative estimate of drug-likeness (QED) is 0.874. The molecule has 1 N–H and O–H groups in total. The van der Waals surface area contributed by atoms with Gasteiger partial charge in [-0.25, -0.2) is 4.99 Å². The Morgan fingerprint density at radius 1 is 1.43 bits per heavy atom. The molecule has 1 aliphatic heterocycles. The third-order valence-electron chi connectivity index (χ3n) is 3.89. The molecule has 2 unspecified atom stereocenters. The maximum absolute atomic E-state index is 11.4. The molecule has 0 saturated heterocycles. The monoisotopic (exact) mass is 288 g/mol. The van der Waals surface area contributed by atoms with E-state index in [9.17, 15) is 4.79 Å². The number of aliphatic imine (C=N–C) groups is 1. The first-order valence-corrected chi connectivity index (χ1v) is 7.61. The van der Waals surface area contributed by atoms with Crippen LogP contribution in [0.25, 0.3) is 0 Å². The van der Waals surface area contributed by atoms with Crippen LogP contribution in [0.2, 0.25) is 0 Å². The van der Waals surface area contributed by atoms with E-state index in [4.69, 9.17) is 4.74 Å². The summed E-state index contributed by atoms with van der Waals surface area (Å²) in [7, 11) is 0. The predicted octanol–water partition coefficient (Wildman–Crippen LogP) is 2.58. The number of amides is 1. The van der Waals surface area contributed by atoms with E-state index in [1.807, 2.05) is 18.2 Å². The van der Waals surface area contributed by atoms with E-state index in [1.54, 1.807) is 0 Å². The maximum Gasteiger partial charge on any atom is 0.217 e. The predicted molar refractivity (Wildman–Crippen MR) is 84.4 cm³/mol. The van der Waals surface area contributed by atoms with Gasteiger partial charge >= 0.3 is 0 Å². The molecule has 0 saturated carbocycles. The van der Waals surface area contributed by atoms with Crippen LogP contribution in [0.3, 0.4) is 0 Å². The Kier molecular flexibility index (Phi) is 5.37. The first-order valence-electron chi connectivity index (χ1n) is 7.61. The molecule has 4 heteroatoms. The van der Waals surface area contributed by atoms with Gasteiger partial charge in [0.05, 0.1) is 6.04 Å². The third kappa shape index (κ3) is 4.31. The van der Waals surface area contributed by atoms with Gasteiger partial charge in [-0.3, -0.25) is 4.79 Å². The molecule has 0 aromatic heterocycles. The fourth-order valence-electron chi connectivity index (χ4n) is 2.50. The number of carbonyl (C=O) groups is 1. The highest BCUT2D eigenvalue weighted by atomic mass is 16.5. The first-order chi connectivity index (χ1) is 10.1. The standard InChI is InChI=1S/C17H24N2O2/c1-4-12(2)16(18-13(3)20)17-19-15(11-21-17)10-14-8-6-5-7-9-14/h5-9,12,15-16H,4,10-11H2,1-3H3,(H,18,20)/t12?,15-,16?/m1/s1. The lowest BCUT2D eigenvalue weighted by molar-refractivity contribution is -0.119. The van der Waals surface area contributed by atoms with E-state index in [-0.39, 0.29) is 18.0 Å². The molecule has 114 valence electrons. The van der Waals surface area contributed by atoms with Crippen molar-refractivity contribution in [2.45, 2.75) is 45.7 Å². The maximum atomic E-state index is 11.4. The Bertz CT molecular complexity index is 499. The summed E-state index contributed by atoms with van der Waals surface area (Å²) in [6.07, 6.45) is 1.84. The number of rotatable bonds is 6. The van der Waals surface area contributed by atoms with Gasteiger partial charge in [-0.1, -0.05) is 50.6 Å². The number of hydrogen-bond acceptors (Lipinski definition) is 3. The summed E-state index contributed by atoms with van der Waals surface area (Å²) in [5.74, 6) is 0.946. The van der Waals surface area contributed by atoms with E-state index in [0.717, 1.165) is 12.8 Å². The summed E-state index contributed by atoms with van der Waals surface area (Å²) >= 11 is 0. The number of nitrogens with one attached hydrogen (secondary N) is 1. The molecule has 1 heterocycles. The minimum absolute atomic E-state index is 0.0434. The summed E-state index contributed by atoms with van der Waals surface area (Å²) in [6, 6.07) is 10.3. The normalized spacial score (nSPS) is 20.3. The van der Waals surface area contributed by atoms with Crippen molar-refractivity contribution in [3.05, 3.63) is 35.9 Å². The van der Waals surface area contributed by atoms with Crippen LogP contribution in [0.4, 0.5) is 0 Å². The summed E-state index contributed by atoms with van der Waals surface area (Å²) < 4.78 is 5.76. The van der Waals surface area contributed by atoms with Gasteiger partial charge in [0.15, 0.2) is 0 Å². The van der Waals surface area contributed by atoms with Crippen LogP contribution in [0, 0.1) is 5.92 Å². The zero-order valence-corrected chi connectivity index (χ0v) is 13.0. The zero-order chi connectivity index (χ0) is 15.2. The molecular weight excluding hydrogens is 264 g/mol. The number of hydrogen-bond donors (Lipinski definition) is 1. The largest absolute Gasteiger partial charge is 0.477 e. The van der Waals surface area contributed by atoms with Crippen molar-refractivity contribution >= 4 is 11.8 Å². The number of nitrogens with zero attached hydrogens (tertiary/aromatic N) is 1. The first kappa shape index (κ1) is 15.5. The van der Waals surface area contributed by atoms with Crippen LogP contribution < -0.4 is 5.32 Å². The van der Waals surface area contributed by atoms with Crippen molar-refractivity contribution in [1.29, 1.82) is 0 Å². The van der Waals surface area contributed by atoms with Crippen LogP contribution >= 0.6 is 0 Å².